The molecule has 0 radical (unpaired) electrons. The van der Waals surface area contributed by atoms with E-state index < -0.39 is 6.04 Å². The average molecular weight is 430 g/mol. The molecule has 1 unspecified atom stereocenters. The molecular weight excluding hydrogens is 414 g/mol. The largest absolute Gasteiger partial charge is 0.341 e. The maximum atomic E-state index is 12.3. The van der Waals surface area contributed by atoms with Crippen molar-refractivity contribution in [2.75, 3.05) is 5.32 Å². The van der Waals surface area contributed by atoms with Crippen LogP contribution >= 0.6 is 27.3 Å². The highest BCUT2D eigenvalue weighted by Crippen LogP contribution is 2.26. The number of nitrogens with zero attached hydrogens (tertiary/aromatic N) is 1. The molecule has 0 saturated heterocycles. The molecule has 1 heterocycles. The van der Waals surface area contributed by atoms with Gasteiger partial charge in [0.15, 0.2) is 5.13 Å². The highest BCUT2D eigenvalue weighted by atomic mass is 79.9. The van der Waals surface area contributed by atoms with E-state index in [9.17, 15) is 9.59 Å². The smallest absolute Gasteiger partial charge is 0.251 e. The van der Waals surface area contributed by atoms with Gasteiger partial charge in [-0.3, -0.25) is 9.59 Å². The quantitative estimate of drug-likeness (QED) is 0.633. The molecule has 132 valence electrons. The van der Waals surface area contributed by atoms with Crippen molar-refractivity contribution >= 4 is 44.2 Å². The Morgan fingerprint density at radius 1 is 1.12 bits per heavy atom. The molecule has 3 aromatic rings. The van der Waals surface area contributed by atoms with E-state index in [0.717, 1.165) is 15.7 Å². The van der Waals surface area contributed by atoms with Gasteiger partial charge in [-0.05, 0) is 31.2 Å². The fraction of sp³-hybridized carbons (Fsp3) is 0.105. The van der Waals surface area contributed by atoms with Gasteiger partial charge in [0.25, 0.3) is 5.91 Å². The van der Waals surface area contributed by atoms with Crippen LogP contribution < -0.4 is 10.6 Å². The summed E-state index contributed by atoms with van der Waals surface area (Å²) < 4.78 is 0.964. The molecule has 2 amide bonds. The first-order valence-corrected chi connectivity index (χ1v) is 9.58. The Kier molecular flexibility index (Phi) is 5.80. The highest BCUT2D eigenvalue weighted by Gasteiger charge is 2.18. The van der Waals surface area contributed by atoms with Crippen LogP contribution in [0.5, 0.6) is 0 Å². The van der Waals surface area contributed by atoms with Gasteiger partial charge in [0.2, 0.25) is 5.91 Å². The number of carbonyl (C=O) groups is 2. The molecule has 2 N–H and O–H groups in total. The first-order valence-electron chi connectivity index (χ1n) is 7.91. The number of benzene rings is 2. The summed E-state index contributed by atoms with van der Waals surface area (Å²) >= 11 is 4.77. The van der Waals surface area contributed by atoms with Gasteiger partial charge < -0.3 is 10.6 Å². The lowest BCUT2D eigenvalue weighted by atomic mass is 10.2. The van der Waals surface area contributed by atoms with E-state index in [-0.39, 0.29) is 11.8 Å². The molecule has 0 aliphatic heterocycles. The number of amides is 2. The Balaban J connectivity index is 1.62. The number of aromatic nitrogens is 1. The van der Waals surface area contributed by atoms with Gasteiger partial charge in [-0.25, -0.2) is 4.98 Å². The lowest BCUT2D eigenvalue weighted by molar-refractivity contribution is -0.117. The molecular formula is C19H16BrN3O2S. The maximum absolute atomic E-state index is 12.3. The van der Waals surface area contributed by atoms with Gasteiger partial charge >= 0.3 is 0 Å². The third kappa shape index (κ3) is 4.56. The molecule has 1 atom stereocenters. The number of halogens is 1. The van der Waals surface area contributed by atoms with Crippen LogP contribution in [0.4, 0.5) is 5.13 Å². The van der Waals surface area contributed by atoms with E-state index in [0.29, 0.717) is 10.7 Å². The molecule has 7 heteroatoms. The normalized spacial score (nSPS) is 11.6. The molecule has 0 bridgehead atoms. The first kappa shape index (κ1) is 18.3. The van der Waals surface area contributed by atoms with Crippen LogP contribution in [-0.4, -0.2) is 22.8 Å². The van der Waals surface area contributed by atoms with Crippen LogP contribution in [-0.2, 0) is 4.79 Å². The van der Waals surface area contributed by atoms with E-state index >= 15 is 0 Å². The third-order valence-electron chi connectivity index (χ3n) is 3.63. The molecule has 0 saturated carbocycles. The summed E-state index contributed by atoms with van der Waals surface area (Å²) in [6, 6.07) is 15.9. The molecule has 1 aromatic heterocycles. The van der Waals surface area contributed by atoms with Gasteiger partial charge in [0.1, 0.15) is 6.04 Å². The number of anilines is 1. The van der Waals surface area contributed by atoms with Crippen molar-refractivity contribution in [3.05, 3.63) is 70.0 Å². The predicted octanol–water partition coefficient (Wildman–Crippen LogP) is 4.33. The summed E-state index contributed by atoms with van der Waals surface area (Å²) in [5, 5.41) is 7.80. The monoisotopic (exact) mass is 429 g/mol. The predicted molar refractivity (Wildman–Crippen MR) is 107 cm³/mol. The number of carbonyl (C=O) groups excluding carboxylic acids is 2. The maximum Gasteiger partial charge on any atom is 0.251 e. The van der Waals surface area contributed by atoms with E-state index in [4.69, 9.17) is 0 Å². The number of rotatable bonds is 5. The SMILES string of the molecule is CC(NC(=O)c1ccccc1)C(=O)Nc1nc(-c2cccc(Br)c2)cs1. The fourth-order valence-corrected chi connectivity index (χ4v) is 3.38. The standard InChI is InChI=1S/C19H16BrN3O2S/c1-12(21-18(25)13-6-3-2-4-7-13)17(24)23-19-22-16(11-26-19)14-8-5-9-15(20)10-14/h2-12H,1H3,(H,21,25)(H,22,23,24). The second-order valence-corrected chi connectivity index (χ2v) is 7.37. The van der Waals surface area contributed by atoms with E-state index in [1.165, 1.54) is 11.3 Å². The lowest BCUT2D eigenvalue weighted by Gasteiger charge is -2.13. The van der Waals surface area contributed by atoms with Crippen LogP contribution in [0, 0.1) is 0 Å². The van der Waals surface area contributed by atoms with Gasteiger partial charge in [-0.1, -0.05) is 46.3 Å². The van der Waals surface area contributed by atoms with Crippen molar-refractivity contribution in [1.82, 2.24) is 10.3 Å². The molecule has 2 aromatic carbocycles. The Bertz CT molecular complexity index is 927. The van der Waals surface area contributed by atoms with Crippen molar-refractivity contribution in [3.8, 4) is 11.3 Å². The fourth-order valence-electron chi connectivity index (χ4n) is 2.26. The molecule has 3 rings (SSSR count). The zero-order valence-corrected chi connectivity index (χ0v) is 16.3. The summed E-state index contributed by atoms with van der Waals surface area (Å²) in [6.07, 6.45) is 0. The summed E-state index contributed by atoms with van der Waals surface area (Å²) in [4.78, 5) is 28.9. The Morgan fingerprint density at radius 2 is 1.88 bits per heavy atom. The summed E-state index contributed by atoms with van der Waals surface area (Å²) in [7, 11) is 0. The minimum atomic E-state index is -0.680. The molecule has 26 heavy (non-hydrogen) atoms. The van der Waals surface area contributed by atoms with Crippen LogP contribution in [0.25, 0.3) is 11.3 Å². The van der Waals surface area contributed by atoms with E-state index in [1.54, 1.807) is 31.2 Å². The molecule has 5 nitrogen and oxygen atoms in total. The first-order chi connectivity index (χ1) is 12.5. The topological polar surface area (TPSA) is 71.1 Å². The van der Waals surface area contributed by atoms with Gasteiger partial charge in [0, 0.05) is 21.0 Å². The molecule has 0 fully saturated rings. The zero-order chi connectivity index (χ0) is 18.5. The highest BCUT2D eigenvalue weighted by molar-refractivity contribution is 9.10. The lowest BCUT2D eigenvalue weighted by Crippen LogP contribution is -2.41. The second-order valence-electron chi connectivity index (χ2n) is 5.60. The van der Waals surface area contributed by atoms with Crippen molar-refractivity contribution in [3.63, 3.8) is 0 Å². The number of nitrogens with one attached hydrogen (secondary N) is 2. The van der Waals surface area contributed by atoms with E-state index in [2.05, 4.69) is 31.5 Å². The summed E-state index contributed by atoms with van der Waals surface area (Å²) in [5.74, 6) is -0.605. The van der Waals surface area contributed by atoms with Gasteiger partial charge in [-0.15, -0.1) is 11.3 Å². The molecule has 0 spiro atoms. The minimum Gasteiger partial charge on any atom is -0.341 e. The minimum absolute atomic E-state index is 0.290. The molecule has 0 aliphatic carbocycles. The zero-order valence-electron chi connectivity index (χ0n) is 13.9. The number of hydrogen-bond acceptors (Lipinski definition) is 4. The van der Waals surface area contributed by atoms with Crippen molar-refractivity contribution in [2.45, 2.75) is 13.0 Å². The molecule has 0 aliphatic rings. The Labute approximate surface area is 163 Å². The van der Waals surface area contributed by atoms with Gasteiger partial charge in [-0.2, -0.15) is 0 Å². The van der Waals surface area contributed by atoms with Crippen LogP contribution in [0.1, 0.15) is 17.3 Å². The summed E-state index contributed by atoms with van der Waals surface area (Å²) in [5.41, 5.74) is 2.26. The number of hydrogen-bond donors (Lipinski definition) is 2. The number of thiazole rings is 1. The van der Waals surface area contributed by atoms with Crippen molar-refractivity contribution in [2.24, 2.45) is 0 Å². The third-order valence-corrected chi connectivity index (χ3v) is 4.88. The summed E-state index contributed by atoms with van der Waals surface area (Å²) in [6.45, 7) is 1.64. The van der Waals surface area contributed by atoms with E-state index in [1.807, 2.05) is 35.7 Å². The van der Waals surface area contributed by atoms with Crippen molar-refractivity contribution < 1.29 is 9.59 Å². The average Bonchev–Trinajstić information content (AvgIpc) is 3.11. The van der Waals surface area contributed by atoms with Gasteiger partial charge in [0.05, 0.1) is 5.69 Å². The Hall–Kier alpha value is -2.51. The van der Waals surface area contributed by atoms with Crippen LogP contribution in [0.2, 0.25) is 0 Å². The Morgan fingerprint density at radius 3 is 2.62 bits per heavy atom. The van der Waals surface area contributed by atoms with Crippen LogP contribution in [0.3, 0.4) is 0 Å². The second kappa shape index (κ2) is 8.25. The van der Waals surface area contributed by atoms with Crippen molar-refractivity contribution in [1.29, 1.82) is 0 Å². The van der Waals surface area contributed by atoms with Crippen LogP contribution in [0.15, 0.2) is 64.5 Å².